The lowest BCUT2D eigenvalue weighted by Gasteiger charge is -2.49. The second kappa shape index (κ2) is 6.89. The summed E-state index contributed by atoms with van der Waals surface area (Å²) in [5.74, 6) is 0. The zero-order valence-corrected chi connectivity index (χ0v) is 11.8. The molecule has 0 aromatic rings. The zero-order valence-electron chi connectivity index (χ0n) is 11.8. The molecule has 0 aromatic carbocycles. The molecule has 0 spiro atoms. The Morgan fingerprint density at radius 3 is 1.75 bits per heavy atom. The van der Waals surface area contributed by atoms with Crippen LogP contribution in [-0.2, 0) is 4.79 Å². The molecule has 3 nitrogen and oxygen atoms in total. The van der Waals surface area contributed by atoms with Gasteiger partial charge < -0.3 is 9.80 Å². The molecule has 0 unspecified atom stereocenters. The van der Waals surface area contributed by atoms with Crippen molar-refractivity contribution < 1.29 is 9.28 Å². The van der Waals surface area contributed by atoms with Gasteiger partial charge >= 0.3 is 0 Å². The number of quaternary nitrogens is 1. The minimum atomic E-state index is 0.622. The molecule has 0 aliphatic carbocycles. The van der Waals surface area contributed by atoms with Crippen molar-refractivity contribution in [1.29, 1.82) is 0 Å². The highest BCUT2D eigenvalue weighted by Gasteiger charge is 2.37. The molecule has 3 heteroatoms. The topological polar surface area (TPSA) is 29.1 Å². The maximum Gasteiger partial charge on any atom is 0.207 e. The van der Waals surface area contributed by atoms with Gasteiger partial charge in [-0.3, -0.25) is 4.79 Å². The highest BCUT2D eigenvalue weighted by Crippen LogP contribution is 2.24. The Balaban J connectivity index is 4.57. The molecule has 0 saturated heterocycles. The van der Waals surface area contributed by atoms with Gasteiger partial charge in [0.25, 0.3) is 0 Å². The van der Waals surface area contributed by atoms with Crippen LogP contribution >= 0.6 is 0 Å². The van der Waals surface area contributed by atoms with E-state index in [1.54, 1.807) is 0 Å². The average molecular weight is 229 g/mol. The first-order valence-corrected chi connectivity index (χ1v) is 6.43. The van der Waals surface area contributed by atoms with Gasteiger partial charge in [-0.25, -0.2) is 0 Å². The van der Waals surface area contributed by atoms with Crippen LogP contribution in [0.25, 0.3) is 0 Å². The Morgan fingerprint density at radius 1 is 1.00 bits per heavy atom. The molecule has 0 radical (unpaired) electrons. The van der Waals surface area contributed by atoms with Crippen molar-refractivity contribution >= 4 is 6.41 Å². The standard InChI is InChI=1S/C13H28N2O/c1-11(2)15(12(3)4,13(5)6)9-7-8-14-10-16/h10-13H,7-9H2,1-6H3/p+1. The van der Waals surface area contributed by atoms with Gasteiger partial charge in [-0.2, -0.15) is 0 Å². The van der Waals surface area contributed by atoms with E-state index in [1.807, 2.05) is 0 Å². The van der Waals surface area contributed by atoms with Crippen molar-refractivity contribution in [1.82, 2.24) is 5.32 Å². The Hall–Kier alpha value is -0.570. The second-order valence-corrected chi connectivity index (χ2v) is 5.43. The van der Waals surface area contributed by atoms with E-state index in [0.29, 0.717) is 18.1 Å². The fourth-order valence-electron chi connectivity index (χ4n) is 3.08. The zero-order chi connectivity index (χ0) is 12.8. The van der Waals surface area contributed by atoms with Crippen LogP contribution in [0, 0.1) is 0 Å². The summed E-state index contributed by atoms with van der Waals surface area (Å²) in [6.45, 7) is 15.7. The molecule has 0 rings (SSSR count). The van der Waals surface area contributed by atoms with E-state index >= 15 is 0 Å². The van der Waals surface area contributed by atoms with Gasteiger partial charge in [0.1, 0.15) is 0 Å². The minimum Gasteiger partial charge on any atom is -0.358 e. The van der Waals surface area contributed by atoms with Gasteiger partial charge in [0.15, 0.2) is 0 Å². The molecule has 1 amide bonds. The fraction of sp³-hybridized carbons (Fsp3) is 0.923. The van der Waals surface area contributed by atoms with Crippen LogP contribution in [0.15, 0.2) is 0 Å². The smallest absolute Gasteiger partial charge is 0.207 e. The Morgan fingerprint density at radius 2 is 1.44 bits per heavy atom. The molecule has 0 saturated carbocycles. The fourth-order valence-corrected chi connectivity index (χ4v) is 3.08. The predicted octanol–water partition coefficient (Wildman–Crippen LogP) is 2.16. The van der Waals surface area contributed by atoms with Crippen molar-refractivity contribution in [2.24, 2.45) is 0 Å². The first-order valence-electron chi connectivity index (χ1n) is 6.43. The van der Waals surface area contributed by atoms with Gasteiger partial charge in [0.05, 0.1) is 24.7 Å². The quantitative estimate of drug-likeness (QED) is 0.386. The van der Waals surface area contributed by atoms with Crippen molar-refractivity contribution in [2.75, 3.05) is 13.1 Å². The summed E-state index contributed by atoms with van der Waals surface area (Å²) in [7, 11) is 0. The van der Waals surface area contributed by atoms with Crippen LogP contribution in [-0.4, -0.2) is 42.1 Å². The van der Waals surface area contributed by atoms with E-state index in [9.17, 15) is 4.79 Å². The van der Waals surface area contributed by atoms with Crippen LogP contribution in [0.4, 0.5) is 0 Å². The molecule has 0 atom stereocenters. The summed E-state index contributed by atoms with van der Waals surface area (Å²) < 4.78 is 1.13. The predicted molar refractivity (Wildman–Crippen MR) is 69.2 cm³/mol. The lowest BCUT2D eigenvalue weighted by molar-refractivity contribution is -0.985. The number of nitrogens with zero attached hydrogens (tertiary/aromatic N) is 1. The molecule has 0 aliphatic heterocycles. The number of nitrogens with one attached hydrogen (secondary N) is 1. The normalized spacial score (nSPS) is 12.6. The molecular formula is C13H29N2O+. The van der Waals surface area contributed by atoms with E-state index in [2.05, 4.69) is 46.9 Å². The summed E-state index contributed by atoms with van der Waals surface area (Å²) in [5, 5.41) is 2.75. The number of amides is 1. The Labute approximate surface area is 101 Å². The van der Waals surface area contributed by atoms with Gasteiger partial charge in [-0.05, 0) is 41.5 Å². The van der Waals surface area contributed by atoms with Gasteiger partial charge in [-0.1, -0.05) is 0 Å². The van der Waals surface area contributed by atoms with E-state index in [0.717, 1.165) is 30.4 Å². The van der Waals surface area contributed by atoms with Crippen molar-refractivity contribution in [2.45, 2.75) is 66.1 Å². The van der Waals surface area contributed by atoms with Gasteiger partial charge in [0.2, 0.25) is 6.41 Å². The summed E-state index contributed by atoms with van der Waals surface area (Å²) in [6, 6.07) is 1.86. The molecule has 0 aliphatic rings. The molecule has 16 heavy (non-hydrogen) atoms. The third-order valence-corrected chi connectivity index (χ3v) is 3.83. The summed E-state index contributed by atoms with van der Waals surface area (Å²) in [5.41, 5.74) is 0. The second-order valence-electron chi connectivity index (χ2n) is 5.43. The molecule has 96 valence electrons. The summed E-state index contributed by atoms with van der Waals surface area (Å²) >= 11 is 0. The third kappa shape index (κ3) is 3.48. The lowest BCUT2D eigenvalue weighted by Crippen LogP contribution is -2.62. The molecule has 1 N–H and O–H groups in total. The lowest BCUT2D eigenvalue weighted by atomic mass is 10.0. The van der Waals surface area contributed by atoms with Crippen LogP contribution in [0.2, 0.25) is 0 Å². The van der Waals surface area contributed by atoms with Crippen molar-refractivity contribution in [3.8, 4) is 0 Å². The Kier molecular flexibility index (Phi) is 6.65. The molecular weight excluding hydrogens is 200 g/mol. The van der Waals surface area contributed by atoms with E-state index in [4.69, 9.17) is 0 Å². The monoisotopic (exact) mass is 229 g/mol. The third-order valence-electron chi connectivity index (χ3n) is 3.83. The maximum atomic E-state index is 10.2. The van der Waals surface area contributed by atoms with E-state index in [-0.39, 0.29) is 0 Å². The van der Waals surface area contributed by atoms with Crippen LogP contribution in [0.1, 0.15) is 48.0 Å². The summed E-state index contributed by atoms with van der Waals surface area (Å²) in [6.07, 6.45) is 1.84. The number of carbonyl (C=O) groups is 1. The number of hydrogen-bond acceptors (Lipinski definition) is 1. The number of carbonyl (C=O) groups excluding carboxylic acids is 1. The Bertz CT molecular complexity index is 178. The van der Waals surface area contributed by atoms with E-state index < -0.39 is 0 Å². The molecule has 0 aromatic heterocycles. The molecule has 0 bridgehead atoms. The van der Waals surface area contributed by atoms with Crippen LogP contribution in [0.5, 0.6) is 0 Å². The highest BCUT2D eigenvalue weighted by molar-refractivity contribution is 5.45. The van der Waals surface area contributed by atoms with Crippen LogP contribution in [0.3, 0.4) is 0 Å². The van der Waals surface area contributed by atoms with E-state index in [1.165, 1.54) is 0 Å². The number of hydrogen-bond donors (Lipinski definition) is 1. The minimum absolute atomic E-state index is 0.622. The number of rotatable bonds is 8. The van der Waals surface area contributed by atoms with Crippen molar-refractivity contribution in [3.05, 3.63) is 0 Å². The first kappa shape index (κ1) is 15.4. The van der Waals surface area contributed by atoms with Gasteiger partial charge in [-0.15, -0.1) is 0 Å². The average Bonchev–Trinajstić information content (AvgIpc) is 2.16. The largest absolute Gasteiger partial charge is 0.358 e. The summed E-state index contributed by atoms with van der Waals surface area (Å²) in [4.78, 5) is 10.2. The maximum absolute atomic E-state index is 10.2. The van der Waals surface area contributed by atoms with Crippen molar-refractivity contribution in [3.63, 3.8) is 0 Å². The molecule has 0 heterocycles. The molecule has 0 fully saturated rings. The SMILES string of the molecule is CC(C)[N+](CCCNC=O)(C(C)C)C(C)C. The highest BCUT2D eigenvalue weighted by atomic mass is 16.1. The van der Waals surface area contributed by atoms with Gasteiger partial charge in [0, 0.05) is 13.0 Å². The van der Waals surface area contributed by atoms with Crippen LogP contribution < -0.4 is 5.32 Å². The first-order chi connectivity index (χ1) is 7.39.